The molecule has 1 aromatic rings. The zero-order valence-electron chi connectivity index (χ0n) is 12.6. The Hall–Kier alpha value is -1.26. The third-order valence-electron chi connectivity index (χ3n) is 3.71. The number of rotatable bonds is 7. The second-order valence-corrected chi connectivity index (χ2v) is 5.26. The van der Waals surface area contributed by atoms with Crippen molar-refractivity contribution in [2.24, 2.45) is 0 Å². The van der Waals surface area contributed by atoms with Gasteiger partial charge in [-0.25, -0.2) is 0 Å². The van der Waals surface area contributed by atoms with Gasteiger partial charge in [-0.05, 0) is 44.5 Å². The molecule has 1 aromatic carbocycles. The van der Waals surface area contributed by atoms with Crippen molar-refractivity contribution in [1.29, 1.82) is 0 Å². The van der Waals surface area contributed by atoms with Crippen molar-refractivity contribution >= 4 is 5.69 Å². The van der Waals surface area contributed by atoms with E-state index in [0.717, 1.165) is 43.2 Å². The van der Waals surface area contributed by atoms with Crippen LogP contribution in [0.25, 0.3) is 0 Å². The van der Waals surface area contributed by atoms with E-state index in [-0.39, 0.29) is 0 Å². The molecule has 20 heavy (non-hydrogen) atoms. The fourth-order valence-corrected chi connectivity index (χ4v) is 2.64. The summed E-state index contributed by atoms with van der Waals surface area (Å²) >= 11 is 0. The van der Waals surface area contributed by atoms with Crippen molar-refractivity contribution in [2.45, 2.75) is 39.3 Å². The molecule has 1 saturated heterocycles. The molecular weight excluding hydrogens is 252 g/mol. The SMILES string of the molecule is CCOc1ccc(N)cc1CN(CC)CC1CCCO1. The molecule has 1 aliphatic heterocycles. The summed E-state index contributed by atoms with van der Waals surface area (Å²) in [6.45, 7) is 8.61. The van der Waals surface area contributed by atoms with Crippen LogP contribution in [0.15, 0.2) is 18.2 Å². The summed E-state index contributed by atoms with van der Waals surface area (Å²) in [6.07, 6.45) is 2.74. The van der Waals surface area contributed by atoms with E-state index in [1.165, 1.54) is 12.8 Å². The summed E-state index contributed by atoms with van der Waals surface area (Å²) in [7, 11) is 0. The van der Waals surface area contributed by atoms with Crippen LogP contribution in [0.1, 0.15) is 32.3 Å². The van der Waals surface area contributed by atoms with E-state index < -0.39 is 0 Å². The van der Waals surface area contributed by atoms with E-state index >= 15 is 0 Å². The van der Waals surface area contributed by atoms with Crippen LogP contribution in [0.4, 0.5) is 5.69 Å². The highest BCUT2D eigenvalue weighted by Crippen LogP contribution is 2.24. The quantitative estimate of drug-likeness (QED) is 0.779. The standard InChI is InChI=1S/C16H26N2O2/c1-3-18(12-15-6-5-9-20-15)11-13-10-14(17)7-8-16(13)19-4-2/h7-8,10,15H,3-6,9,11-12,17H2,1-2H3. The summed E-state index contributed by atoms with van der Waals surface area (Å²) in [5, 5.41) is 0. The topological polar surface area (TPSA) is 47.7 Å². The third kappa shape index (κ3) is 4.12. The normalized spacial score (nSPS) is 18.6. The number of nitrogen functional groups attached to an aromatic ring is 1. The molecule has 0 radical (unpaired) electrons. The van der Waals surface area contributed by atoms with Gasteiger partial charge in [0.1, 0.15) is 5.75 Å². The van der Waals surface area contributed by atoms with Crippen LogP contribution in [0.5, 0.6) is 5.75 Å². The van der Waals surface area contributed by atoms with Crippen molar-refractivity contribution in [3.63, 3.8) is 0 Å². The Morgan fingerprint density at radius 2 is 2.25 bits per heavy atom. The lowest BCUT2D eigenvalue weighted by atomic mass is 10.1. The monoisotopic (exact) mass is 278 g/mol. The second kappa shape index (κ2) is 7.50. The van der Waals surface area contributed by atoms with Crippen LogP contribution >= 0.6 is 0 Å². The van der Waals surface area contributed by atoms with Crippen LogP contribution in [0, 0.1) is 0 Å². The number of benzene rings is 1. The lowest BCUT2D eigenvalue weighted by Gasteiger charge is -2.24. The highest BCUT2D eigenvalue weighted by Gasteiger charge is 2.19. The van der Waals surface area contributed by atoms with E-state index in [1.54, 1.807) is 0 Å². The maximum atomic E-state index is 5.91. The fourth-order valence-electron chi connectivity index (χ4n) is 2.64. The number of hydrogen-bond acceptors (Lipinski definition) is 4. The number of anilines is 1. The summed E-state index contributed by atoms with van der Waals surface area (Å²) in [5.41, 5.74) is 7.85. The Kier molecular flexibility index (Phi) is 5.68. The first-order valence-electron chi connectivity index (χ1n) is 7.58. The molecule has 4 nitrogen and oxygen atoms in total. The van der Waals surface area contributed by atoms with Gasteiger partial charge in [-0.15, -0.1) is 0 Å². The third-order valence-corrected chi connectivity index (χ3v) is 3.71. The Morgan fingerprint density at radius 1 is 1.40 bits per heavy atom. The fraction of sp³-hybridized carbons (Fsp3) is 0.625. The van der Waals surface area contributed by atoms with Crippen molar-refractivity contribution < 1.29 is 9.47 Å². The highest BCUT2D eigenvalue weighted by molar-refractivity contribution is 5.47. The van der Waals surface area contributed by atoms with Gasteiger partial charge < -0.3 is 15.2 Å². The summed E-state index contributed by atoms with van der Waals surface area (Å²) in [5.74, 6) is 0.937. The predicted octanol–water partition coefficient (Wildman–Crippen LogP) is 2.67. The van der Waals surface area contributed by atoms with Gasteiger partial charge in [0.15, 0.2) is 0 Å². The molecular formula is C16H26N2O2. The molecule has 2 rings (SSSR count). The number of nitrogens with zero attached hydrogens (tertiary/aromatic N) is 1. The Morgan fingerprint density at radius 3 is 2.90 bits per heavy atom. The van der Waals surface area contributed by atoms with E-state index in [2.05, 4.69) is 11.8 Å². The lowest BCUT2D eigenvalue weighted by Crippen LogP contribution is -2.31. The minimum Gasteiger partial charge on any atom is -0.494 e. The van der Waals surface area contributed by atoms with Gasteiger partial charge in [0.05, 0.1) is 12.7 Å². The number of hydrogen-bond donors (Lipinski definition) is 1. The average molecular weight is 278 g/mol. The average Bonchev–Trinajstić information content (AvgIpc) is 2.94. The Bertz CT molecular complexity index is 417. The van der Waals surface area contributed by atoms with Gasteiger partial charge in [-0.3, -0.25) is 4.90 Å². The first kappa shape index (κ1) is 15.1. The van der Waals surface area contributed by atoms with Gasteiger partial charge in [0.2, 0.25) is 0 Å². The molecule has 0 bridgehead atoms. The molecule has 0 amide bonds. The molecule has 0 aliphatic carbocycles. The first-order valence-corrected chi connectivity index (χ1v) is 7.58. The van der Waals surface area contributed by atoms with E-state index in [4.69, 9.17) is 15.2 Å². The van der Waals surface area contributed by atoms with E-state index in [1.807, 2.05) is 25.1 Å². The van der Waals surface area contributed by atoms with Crippen molar-refractivity contribution in [3.05, 3.63) is 23.8 Å². The molecule has 1 aliphatic rings. The zero-order chi connectivity index (χ0) is 14.4. The minimum absolute atomic E-state index is 0.381. The van der Waals surface area contributed by atoms with Gasteiger partial charge in [-0.1, -0.05) is 6.92 Å². The molecule has 0 spiro atoms. The van der Waals surface area contributed by atoms with Gasteiger partial charge in [-0.2, -0.15) is 0 Å². The van der Waals surface area contributed by atoms with E-state index in [9.17, 15) is 0 Å². The maximum Gasteiger partial charge on any atom is 0.123 e. The van der Waals surface area contributed by atoms with E-state index in [0.29, 0.717) is 12.7 Å². The van der Waals surface area contributed by atoms with Crippen molar-refractivity contribution in [3.8, 4) is 5.75 Å². The summed E-state index contributed by atoms with van der Waals surface area (Å²) in [6, 6.07) is 5.88. The van der Waals surface area contributed by atoms with Crippen LogP contribution in [-0.4, -0.2) is 37.3 Å². The minimum atomic E-state index is 0.381. The highest BCUT2D eigenvalue weighted by atomic mass is 16.5. The van der Waals surface area contributed by atoms with Crippen molar-refractivity contribution in [2.75, 3.05) is 32.0 Å². The van der Waals surface area contributed by atoms with Crippen molar-refractivity contribution in [1.82, 2.24) is 4.90 Å². The van der Waals surface area contributed by atoms with Crippen LogP contribution in [0.3, 0.4) is 0 Å². The number of ether oxygens (including phenoxy) is 2. The summed E-state index contributed by atoms with van der Waals surface area (Å²) in [4.78, 5) is 2.40. The summed E-state index contributed by atoms with van der Waals surface area (Å²) < 4.78 is 11.4. The molecule has 1 unspecified atom stereocenters. The first-order chi connectivity index (χ1) is 9.72. The second-order valence-electron chi connectivity index (χ2n) is 5.26. The molecule has 1 fully saturated rings. The van der Waals surface area contributed by atoms with Crippen LogP contribution in [-0.2, 0) is 11.3 Å². The lowest BCUT2D eigenvalue weighted by molar-refractivity contribution is 0.0722. The molecule has 1 atom stereocenters. The molecule has 112 valence electrons. The molecule has 0 aromatic heterocycles. The van der Waals surface area contributed by atoms with Gasteiger partial charge >= 0.3 is 0 Å². The Labute approximate surface area is 121 Å². The van der Waals surface area contributed by atoms with Gasteiger partial charge in [0.25, 0.3) is 0 Å². The molecule has 4 heteroatoms. The van der Waals surface area contributed by atoms with Gasteiger partial charge in [0, 0.05) is 30.9 Å². The molecule has 0 saturated carbocycles. The number of nitrogens with two attached hydrogens (primary N) is 1. The molecule has 1 heterocycles. The predicted molar refractivity (Wildman–Crippen MR) is 81.9 cm³/mol. The zero-order valence-corrected chi connectivity index (χ0v) is 12.6. The van der Waals surface area contributed by atoms with Crippen LogP contribution < -0.4 is 10.5 Å². The Balaban J connectivity index is 2.03. The molecule has 2 N–H and O–H groups in total. The number of likely N-dealkylation sites (N-methyl/N-ethyl adjacent to an activating group) is 1. The maximum absolute atomic E-state index is 5.91. The largest absolute Gasteiger partial charge is 0.494 e. The van der Waals surface area contributed by atoms with Crippen LogP contribution in [0.2, 0.25) is 0 Å². The smallest absolute Gasteiger partial charge is 0.123 e.